The smallest absolute Gasteiger partial charge is 0.283 e. The monoisotopic (exact) mass is 411 g/mol. The molecule has 0 amide bonds. The van der Waals surface area contributed by atoms with E-state index in [1.54, 1.807) is 17.5 Å². The van der Waals surface area contributed by atoms with Gasteiger partial charge >= 0.3 is 0 Å². The molecule has 1 atom stereocenters. The summed E-state index contributed by atoms with van der Waals surface area (Å²) in [5.74, 6) is 1.54. The Balaban J connectivity index is 1.57. The Bertz CT molecular complexity index is 1290. The third kappa shape index (κ3) is 2.54. The molecular formula is C24H17N3O2S. The Hall–Kier alpha value is -3.64. The topological polar surface area (TPSA) is 69.7 Å². The number of pyridine rings is 1. The van der Waals surface area contributed by atoms with E-state index in [0.717, 1.165) is 39.3 Å². The van der Waals surface area contributed by atoms with Crippen molar-refractivity contribution in [3.63, 3.8) is 0 Å². The molecule has 2 N–H and O–H groups in total. The van der Waals surface area contributed by atoms with Crippen LogP contribution in [0.5, 0.6) is 11.5 Å². The van der Waals surface area contributed by atoms with Gasteiger partial charge in [-0.2, -0.15) is 11.3 Å². The van der Waals surface area contributed by atoms with Gasteiger partial charge in [-0.25, -0.2) is 4.99 Å². The van der Waals surface area contributed by atoms with Crippen LogP contribution in [-0.2, 0) is 10.3 Å². The van der Waals surface area contributed by atoms with Gasteiger partial charge < -0.3 is 15.2 Å². The average molecular weight is 411 g/mol. The molecule has 0 bridgehead atoms. The van der Waals surface area contributed by atoms with Crippen LogP contribution in [0.15, 0.2) is 82.7 Å². The second-order valence-corrected chi connectivity index (χ2v) is 8.16. The highest BCUT2D eigenvalue weighted by molar-refractivity contribution is 7.08. The van der Waals surface area contributed by atoms with Crippen LogP contribution in [0.2, 0.25) is 0 Å². The van der Waals surface area contributed by atoms with Crippen molar-refractivity contribution >= 4 is 17.4 Å². The first-order chi connectivity index (χ1) is 14.7. The molecule has 4 heterocycles. The number of nitrogens with zero attached hydrogens (tertiary/aromatic N) is 2. The lowest BCUT2D eigenvalue weighted by molar-refractivity contribution is 0.264. The summed E-state index contributed by atoms with van der Waals surface area (Å²) in [5.41, 5.74) is 11.5. The highest BCUT2D eigenvalue weighted by Gasteiger charge is 2.47. The molecular weight excluding hydrogens is 394 g/mol. The Morgan fingerprint density at radius 2 is 1.67 bits per heavy atom. The average Bonchev–Trinajstić information content (AvgIpc) is 3.45. The first-order valence-electron chi connectivity index (χ1n) is 9.61. The van der Waals surface area contributed by atoms with Crippen LogP contribution in [0.25, 0.3) is 22.3 Å². The molecule has 146 valence electrons. The Labute approximate surface area is 177 Å². The third-order valence-corrected chi connectivity index (χ3v) is 6.33. The van der Waals surface area contributed by atoms with Gasteiger partial charge in [0.1, 0.15) is 18.1 Å². The third-order valence-electron chi connectivity index (χ3n) is 5.65. The molecule has 30 heavy (non-hydrogen) atoms. The molecule has 0 unspecified atom stereocenters. The lowest BCUT2D eigenvalue weighted by Crippen LogP contribution is -2.31. The summed E-state index contributed by atoms with van der Waals surface area (Å²) in [6, 6.07) is 18.6. The summed E-state index contributed by atoms with van der Waals surface area (Å²) in [5, 5.41) is 4.21. The molecule has 0 saturated heterocycles. The molecule has 2 aromatic carbocycles. The summed E-state index contributed by atoms with van der Waals surface area (Å²) in [6.45, 7) is 0.339. The summed E-state index contributed by atoms with van der Waals surface area (Å²) in [6.07, 6.45) is 3.62. The summed E-state index contributed by atoms with van der Waals surface area (Å²) in [7, 11) is 0. The number of fused-ring (bicyclic) bond motifs is 4. The number of benzene rings is 2. The van der Waals surface area contributed by atoms with E-state index in [-0.39, 0.29) is 6.02 Å². The maximum atomic E-state index is 6.28. The molecule has 0 radical (unpaired) electrons. The number of hydrogen-bond acceptors (Lipinski definition) is 6. The summed E-state index contributed by atoms with van der Waals surface area (Å²) in [4.78, 5) is 9.05. The normalized spacial score (nSPS) is 18.9. The van der Waals surface area contributed by atoms with Gasteiger partial charge in [-0.15, -0.1) is 0 Å². The SMILES string of the molecule is NC1=N[C@@]2(CO1)c1cc(-c3cccnc3)ccc1Oc1ccc(-c3ccsc3)cc12. The second kappa shape index (κ2) is 6.43. The van der Waals surface area contributed by atoms with E-state index in [1.807, 2.05) is 36.5 Å². The standard InChI is InChI=1S/C24H17N3O2S/c25-23-27-24(14-28-23)19-10-15(17-2-1-8-26-12-17)3-5-21(19)29-22-6-4-16(11-20(22)24)18-7-9-30-13-18/h1-13H,14H2,(H2,25,27)/t24-/m0/s1. The Morgan fingerprint density at radius 1 is 0.900 bits per heavy atom. The number of ether oxygens (including phenoxy) is 2. The van der Waals surface area contributed by atoms with Crippen LogP contribution < -0.4 is 10.5 Å². The van der Waals surface area contributed by atoms with Crippen LogP contribution in [0.3, 0.4) is 0 Å². The highest BCUT2D eigenvalue weighted by atomic mass is 32.1. The van der Waals surface area contributed by atoms with Gasteiger partial charge in [0.25, 0.3) is 6.02 Å². The van der Waals surface area contributed by atoms with Crippen LogP contribution in [0.1, 0.15) is 11.1 Å². The molecule has 2 aromatic heterocycles. The quantitative estimate of drug-likeness (QED) is 0.494. The van der Waals surface area contributed by atoms with E-state index in [2.05, 4.69) is 40.0 Å². The van der Waals surface area contributed by atoms with Crippen LogP contribution in [-0.4, -0.2) is 17.6 Å². The van der Waals surface area contributed by atoms with E-state index in [0.29, 0.717) is 6.61 Å². The zero-order chi connectivity index (χ0) is 20.1. The minimum Gasteiger partial charge on any atom is -0.462 e. The van der Waals surface area contributed by atoms with Crippen molar-refractivity contribution in [1.82, 2.24) is 4.98 Å². The minimum absolute atomic E-state index is 0.196. The number of aromatic nitrogens is 1. The number of aliphatic imine (C=N–C) groups is 1. The molecule has 0 saturated carbocycles. The lowest BCUT2D eigenvalue weighted by Gasteiger charge is -2.34. The maximum Gasteiger partial charge on any atom is 0.283 e. The number of rotatable bonds is 2. The van der Waals surface area contributed by atoms with Crippen LogP contribution >= 0.6 is 11.3 Å². The largest absolute Gasteiger partial charge is 0.462 e. The number of amidine groups is 1. The first kappa shape index (κ1) is 17.2. The van der Waals surface area contributed by atoms with E-state index in [1.165, 1.54) is 5.56 Å². The van der Waals surface area contributed by atoms with E-state index < -0.39 is 5.54 Å². The Morgan fingerprint density at radius 3 is 2.27 bits per heavy atom. The van der Waals surface area contributed by atoms with Crippen molar-refractivity contribution in [2.24, 2.45) is 10.7 Å². The fourth-order valence-corrected chi connectivity index (χ4v) is 4.84. The van der Waals surface area contributed by atoms with Gasteiger partial charge in [-0.3, -0.25) is 4.98 Å². The zero-order valence-electron chi connectivity index (χ0n) is 15.9. The van der Waals surface area contributed by atoms with Crippen LogP contribution in [0.4, 0.5) is 0 Å². The second-order valence-electron chi connectivity index (χ2n) is 7.38. The number of nitrogens with two attached hydrogens (primary N) is 1. The highest BCUT2D eigenvalue weighted by Crippen LogP contribution is 2.52. The molecule has 2 aliphatic heterocycles. The summed E-state index contributed by atoms with van der Waals surface area (Å²) < 4.78 is 12.0. The molecule has 6 rings (SSSR count). The predicted octanol–water partition coefficient (Wildman–Crippen LogP) is 5.17. The van der Waals surface area contributed by atoms with Crippen molar-refractivity contribution in [3.8, 4) is 33.8 Å². The van der Waals surface area contributed by atoms with Crippen molar-refractivity contribution in [3.05, 3.63) is 88.9 Å². The van der Waals surface area contributed by atoms with Gasteiger partial charge in [0.15, 0.2) is 5.54 Å². The lowest BCUT2D eigenvalue weighted by atomic mass is 9.79. The van der Waals surface area contributed by atoms with Gasteiger partial charge in [0.2, 0.25) is 0 Å². The van der Waals surface area contributed by atoms with E-state index >= 15 is 0 Å². The number of thiophene rings is 1. The van der Waals surface area contributed by atoms with Gasteiger partial charge in [-0.05, 0) is 63.8 Å². The molecule has 4 aromatic rings. The zero-order valence-corrected chi connectivity index (χ0v) is 16.7. The van der Waals surface area contributed by atoms with Crippen molar-refractivity contribution in [2.75, 3.05) is 6.61 Å². The molecule has 2 aliphatic rings. The summed E-state index contributed by atoms with van der Waals surface area (Å²) >= 11 is 1.67. The van der Waals surface area contributed by atoms with E-state index in [4.69, 9.17) is 20.2 Å². The number of hydrogen-bond donors (Lipinski definition) is 1. The molecule has 0 fully saturated rings. The Kier molecular flexibility index (Phi) is 3.70. The van der Waals surface area contributed by atoms with Gasteiger partial charge in [0.05, 0.1) is 0 Å². The molecule has 0 aliphatic carbocycles. The van der Waals surface area contributed by atoms with Gasteiger partial charge in [-0.1, -0.05) is 18.2 Å². The molecule has 1 spiro atoms. The fraction of sp³-hybridized carbons (Fsp3) is 0.0833. The van der Waals surface area contributed by atoms with E-state index in [9.17, 15) is 0 Å². The van der Waals surface area contributed by atoms with Gasteiger partial charge in [0, 0.05) is 29.1 Å². The van der Waals surface area contributed by atoms with Crippen molar-refractivity contribution in [2.45, 2.75) is 5.54 Å². The van der Waals surface area contributed by atoms with Crippen LogP contribution in [0, 0.1) is 0 Å². The fourth-order valence-electron chi connectivity index (χ4n) is 4.18. The minimum atomic E-state index is -0.739. The van der Waals surface area contributed by atoms with Crippen molar-refractivity contribution in [1.29, 1.82) is 0 Å². The molecule has 5 nitrogen and oxygen atoms in total. The maximum absolute atomic E-state index is 6.28. The molecule has 6 heteroatoms. The first-order valence-corrected chi connectivity index (χ1v) is 10.6. The van der Waals surface area contributed by atoms with Crippen molar-refractivity contribution < 1.29 is 9.47 Å². The predicted molar refractivity (Wildman–Crippen MR) is 118 cm³/mol.